The van der Waals surface area contributed by atoms with Crippen LogP contribution in [0.3, 0.4) is 0 Å². The Bertz CT molecular complexity index is 340. The summed E-state index contributed by atoms with van der Waals surface area (Å²) in [4.78, 5) is 3.86. The largest absolute Gasteiger partial charge is 0.329 e. The molecule has 1 aliphatic rings. The van der Waals surface area contributed by atoms with Crippen LogP contribution in [0.2, 0.25) is 5.02 Å². The number of nitrogens with zero attached hydrogens (tertiary/aromatic N) is 1. The van der Waals surface area contributed by atoms with E-state index in [2.05, 4.69) is 17.9 Å². The van der Waals surface area contributed by atoms with E-state index in [0.29, 0.717) is 12.0 Å². The second kappa shape index (κ2) is 5.50. The molecule has 0 saturated carbocycles. The number of piperidine rings is 1. The number of nitrogens with two attached hydrogens (primary N) is 1. The van der Waals surface area contributed by atoms with Crippen molar-refractivity contribution in [3.05, 3.63) is 21.3 Å². The molecule has 0 amide bonds. The van der Waals surface area contributed by atoms with Crippen LogP contribution in [-0.2, 0) is 6.54 Å². The lowest BCUT2D eigenvalue weighted by molar-refractivity contribution is 0.100. The fourth-order valence-electron chi connectivity index (χ4n) is 2.55. The van der Waals surface area contributed by atoms with Crippen LogP contribution < -0.4 is 5.73 Å². The molecule has 1 saturated heterocycles. The fraction of sp³-hybridized carbons (Fsp3) is 0.667. The van der Waals surface area contributed by atoms with E-state index in [1.54, 1.807) is 11.3 Å². The van der Waals surface area contributed by atoms with Crippen LogP contribution in [0.4, 0.5) is 0 Å². The van der Waals surface area contributed by atoms with Gasteiger partial charge in [-0.05, 0) is 31.4 Å². The van der Waals surface area contributed by atoms with Gasteiger partial charge in [0.15, 0.2) is 0 Å². The Hall–Kier alpha value is -0.0900. The Kier molecular flexibility index (Phi) is 4.25. The molecule has 2 N–H and O–H groups in total. The van der Waals surface area contributed by atoms with Crippen LogP contribution in [-0.4, -0.2) is 24.0 Å². The summed E-state index contributed by atoms with van der Waals surface area (Å²) in [5.41, 5.74) is 5.88. The van der Waals surface area contributed by atoms with E-state index in [4.69, 9.17) is 17.3 Å². The summed E-state index contributed by atoms with van der Waals surface area (Å²) in [6.07, 6.45) is 2.60. The van der Waals surface area contributed by atoms with Gasteiger partial charge in [0.05, 0.1) is 5.02 Å². The predicted molar refractivity (Wildman–Crippen MR) is 71.0 cm³/mol. The van der Waals surface area contributed by atoms with Crippen LogP contribution in [0.25, 0.3) is 0 Å². The SMILES string of the molecule is CC1CCCN(Cc2cc(Cl)cs2)C1CN. The first-order chi connectivity index (χ1) is 7.70. The highest BCUT2D eigenvalue weighted by Crippen LogP contribution is 2.27. The summed E-state index contributed by atoms with van der Waals surface area (Å²) in [5, 5.41) is 2.86. The summed E-state index contributed by atoms with van der Waals surface area (Å²) >= 11 is 7.69. The second-order valence-corrected chi connectivity index (χ2v) is 6.06. The highest BCUT2D eigenvalue weighted by molar-refractivity contribution is 7.10. The van der Waals surface area contributed by atoms with Gasteiger partial charge < -0.3 is 5.73 Å². The first-order valence-corrected chi connectivity index (χ1v) is 7.13. The van der Waals surface area contributed by atoms with Crippen molar-refractivity contribution in [3.8, 4) is 0 Å². The van der Waals surface area contributed by atoms with E-state index in [-0.39, 0.29) is 0 Å². The zero-order valence-electron chi connectivity index (χ0n) is 9.66. The molecule has 90 valence electrons. The number of hydrogen-bond acceptors (Lipinski definition) is 3. The van der Waals surface area contributed by atoms with E-state index in [0.717, 1.165) is 18.1 Å². The summed E-state index contributed by atoms with van der Waals surface area (Å²) in [6.45, 7) is 5.25. The van der Waals surface area contributed by atoms with Gasteiger partial charge in [0.1, 0.15) is 0 Å². The maximum Gasteiger partial charge on any atom is 0.0516 e. The Morgan fingerprint density at radius 1 is 1.62 bits per heavy atom. The Morgan fingerprint density at radius 2 is 2.44 bits per heavy atom. The summed E-state index contributed by atoms with van der Waals surface area (Å²) < 4.78 is 0. The summed E-state index contributed by atoms with van der Waals surface area (Å²) in [5.74, 6) is 0.717. The van der Waals surface area contributed by atoms with Gasteiger partial charge in [-0.1, -0.05) is 18.5 Å². The topological polar surface area (TPSA) is 29.3 Å². The van der Waals surface area contributed by atoms with Gasteiger partial charge in [0.25, 0.3) is 0 Å². The second-order valence-electron chi connectivity index (χ2n) is 4.62. The minimum Gasteiger partial charge on any atom is -0.329 e. The lowest BCUT2D eigenvalue weighted by Gasteiger charge is -2.39. The molecule has 0 aromatic carbocycles. The minimum atomic E-state index is 0.537. The molecule has 16 heavy (non-hydrogen) atoms. The number of halogens is 1. The van der Waals surface area contributed by atoms with Gasteiger partial charge in [-0.25, -0.2) is 0 Å². The van der Waals surface area contributed by atoms with E-state index < -0.39 is 0 Å². The van der Waals surface area contributed by atoms with E-state index in [9.17, 15) is 0 Å². The van der Waals surface area contributed by atoms with E-state index >= 15 is 0 Å². The third-order valence-electron chi connectivity index (χ3n) is 3.45. The van der Waals surface area contributed by atoms with Crippen molar-refractivity contribution in [1.82, 2.24) is 4.90 Å². The average molecular weight is 259 g/mol. The highest BCUT2D eigenvalue weighted by atomic mass is 35.5. The van der Waals surface area contributed by atoms with Crippen LogP contribution in [0.15, 0.2) is 11.4 Å². The maximum atomic E-state index is 5.94. The lowest BCUT2D eigenvalue weighted by atomic mass is 9.91. The zero-order chi connectivity index (χ0) is 11.5. The predicted octanol–water partition coefficient (Wildman–Crippen LogP) is 2.96. The van der Waals surface area contributed by atoms with Crippen LogP contribution in [0.1, 0.15) is 24.6 Å². The number of hydrogen-bond donors (Lipinski definition) is 1. The van der Waals surface area contributed by atoms with E-state index in [1.807, 2.05) is 5.38 Å². The monoisotopic (exact) mass is 258 g/mol. The van der Waals surface area contributed by atoms with Gasteiger partial charge in [-0.3, -0.25) is 4.90 Å². The first-order valence-electron chi connectivity index (χ1n) is 5.87. The molecule has 1 aliphatic heterocycles. The Morgan fingerprint density at radius 3 is 3.06 bits per heavy atom. The number of likely N-dealkylation sites (tertiary alicyclic amines) is 1. The van der Waals surface area contributed by atoms with Crippen LogP contribution >= 0.6 is 22.9 Å². The molecule has 0 spiro atoms. The van der Waals surface area contributed by atoms with Gasteiger partial charge in [0, 0.05) is 29.4 Å². The molecule has 1 fully saturated rings. The molecule has 4 heteroatoms. The van der Waals surface area contributed by atoms with Gasteiger partial charge in [-0.15, -0.1) is 11.3 Å². The van der Waals surface area contributed by atoms with Crippen molar-refractivity contribution >= 4 is 22.9 Å². The maximum absolute atomic E-state index is 5.94. The minimum absolute atomic E-state index is 0.537. The number of rotatable bonds is 3. The van der Waals surface area contributed by atoms with Crippen molar-refractivity contribution in [2.24, 2.45) is 11.7 Å². The average Bonchev–Trinajstić information content (AvgIpc) is 2.64. The smallest absolute Gasteiger partial charge is 0.0516 e. The van der Waals surface area contributed by atoms with Crippen LogP contribution in [0.5, 0.6) is 0 Å². The molecule has 1 aromatic rings. The summed E-state index contributed by atoms with van der Waals surface area (Å²) in [7, 11) is 0. The molecule has 2 rings (SSSR count). The van der Waals surface area contributed by atoms with Crippen molar-refractivity contribution < 1.29 is 0 Å². The van der Waals surface area contributed by atoms with Crippen molar-refractivity contribution in [2.45, 2.75) is 32.4 Å². The molecule has 2 unspecified atom stereocenters. The number of thiophene rings is 1. The molecule has 0 aliphatic carbocycles. The van der Waals surface area contributed by atoms with Gasteiger partial charge in [0.2, 0.25) is 0 Å². The zero-order valence-corrected chi connectivity index (χ0v) is 11.2. The Labute approximate surface area is 106 Å². The molecule has 0 radical (unpaired) electrons. The third-order valence-corrected chi connectivity index (χ3v) is 4.72. The normalized spacial score (nSPS) is 27.2. The first kappa shape index (κ1) is 12.4. The highest BCUT2D eigenvalue weighted by Gasteiger charge is 2.27. The van der Waals surface area contributed by atoms with Gasteiger partial charge >= 0.3 is 0 Å². The molecule has 0 bridgehead atoms. The van der Waals surface area contributed by atoms with Crippen molar-refractivity contribution in [2.75, 3.05) is 13.1 Å². The van der Waals surface area contributed by atoms with E-state index in [1.165, 1.54) is 24.3 Å². The standard InChI is InChI=1S/C12H19ClN2S/c1-9-3-2-4-15(12(9)6-14)7-11-5-10(13)8-16-11/h5,8-9,12H,2-4,6-7,14H2,1H3. The Balaban J connectivity index is 2.02. The quantitative estimate of drug-likeness (QED) is 0.903. The molecule has 2 heterocycles. The molecule has 2 atom stereocenters. The molecular weight excluding hydrogens is 240 g/mol. The molecular formula is C12H19ClN2S. The molecule has 2 nitrogen and oxygen atoms in total. The third kappa shape index (κ3) is 2.77. The molecule has 1 aromatic heterocycles. The van der Waals surface area contributed by atoms with Crippen LogP contribution in [0, 0.1) is 5.92 Å². The summed E-state index contributed by atoms with van der Waals surface area (Å²) in [6, 6.07) is 2.61. The van der Waals surface area contributed by atoms with Crippen molar-refractivity contribution in [1.29, 1.82) is 0 Å². The lowest BCUT2D eigenvalue weighted by Crippen LogP contribution is -2.47. The van der Waals surface area contributed by atoms with Gasteiger partial charge in [-0.2, -0.15) is 0 Å². The fourth-order valence-corrected chi connectivity index (χ4v) is 3.65. The van der Waals surface area contributed by atoms with Crippen molar-refractivity contribution in [3.63, 3.8) is 0 Å².